The molecule has 2 aromatic rings. The predicted octanol–water partition coefficient (Wildman–Crippen LogP) is 1.58. The van der Waals surface area contributed by atoms with Gasteiger partial charge in [-0.25, -0.2) is 9.50 Å². The van der Waals surface area contributed by atoms with Gasteiger partial charge in [0.15, 0.2) is 5.65 Å². The van der Waals surface area contributed by atoms with E-state index in [-0.39, 0.29) is 0 Å². The van der Waals surface area contributed by atoms with E-state index in [2.05, 4.69) is 10.1 Å². The Kier molecular flexibility index (Phi) is 1.50. The van der Waals surface area contributed by atoms with E-state index in [4.69, 9.17) is 5.73 Å². The first-order valence-corrected chi connectivity index (χ1v) is 4.93. The van der Waals surface area contributed by atoms with Crippen LogP contribution in [-0.2, 0) is 0 Å². The average Bonchev–Trinajstić information content (AvgIpc) is 2.45. The Morgan fingerprint density at radius 1 is 1.36 bits per heavy atom. The summed E-state index contributed by atoms with van der Waals surface area (Å²) >= 11 is 0. The normalized spacial score (nSPS) is 17.1. The summed E-state index contributed by atoms with van der Waals surface area (Å²) in [4.78, 5) is 4.32. The summed E-state index contributed by atoms with van der Waals surface area (Å²) in [6.07, 6.45) is 9.52. The number of hydrogen-bond acceptors (Lipinski definition) is 3. The molecule has 3 rings (SSSR count). The number of fused-ring (bicyclic) bond motifs is 1. The number of nitrogens with two attached hydrogens (primary N) is 1. The molecular weight excluding hydrogens is 176 g/mol. The van der Waals surface area contributed by atoms with Crippen LogP contribution in [0.1, 0.15) is 30.7 Å². The summed E-state index contributed by atoms with van der Waals surface area (Å²) in [6.45, 7) is 0. The molecule has 0 unspecified atom stereocenters. The molecule has 1 saturated carbocycles. The van der Waals surface area contributed by atoms with Gasteiger partial charge in [-0.05, 0) is 24.3 Å². The fourth-order valence-electron chi connectivity index (χ4n) is 1.86. The van der Waals surface area contributed by atoms with Crippen molar-refractivity contribution < 1.29 is 0 Å². The number of aromatic nitrogens is 3. The zero-order valence-corrected chi connectivity index (χ0v) is 7.85. The number of anilines is 1. The molecule has 0 saturated heterocycles. The van der Waals surface area contributed by atoms with Crippen LogP contribution >= 0.6 is 0 Å². The Hall–Kier alpha value is -1.58. The molecule has 1 aliphatic carbocycles. The van der Waals surface area contributed by atoms with E-state index in [0.717, 1.165) is 5.65 Å². The third-order valence-corrected chi connectivity index (χ3v) is 2.98. The second-order valence-corrected chi connectivity index (χ2v) is 3.88. The maximum absolute atomic E-state index is 5.70. The van der Waals surface area contributed by atoms with Gasteiger partial charge in [-0.1, -0.05) is 6.42 Å². The minimum absolute atomic E-state index is 0.644. The average molecular weight is 188 g/mol. The standard InChI is InChI=1S/C10H12N4/c11-9-5-13-14-6-8(4-12-10(9)14)7-2-1-3-7/h4-7H,1-3,11H2. The molecule has 1 fully saturated rings. The van der Waals surface area contributed by atoms with Crippen molar-refractivity contribution in [3.63, 3.8) is 0 Å². The maximum atomic E-state index is 5.70. The highest BCUT2D eigenvalue weighted by Gasteiger charge is 2.20. The number of rotatable bonds is 1. The largest absolute Gasteiger partial charge is 0.394 e. The topological polar surface area (TPSA) is 56.2 Å². The van der Waals surface area contributed by atoms with Crippen LogP contribution in [0.3, 0.4) is 0 Å². The molecule has 0 radical (unpaired) electrons. The zero-order valence-electron chi connectivity index (χ0n) is 7.85. The third-order valence-electron chi connectivity index (χ3n) is 2.98. The molecule has 0 atom stereocenters. The van der Waals surface area contributed by atoms with Gasteiger partial charge in [-0.2, -0.15) is 5.10 Å². The van der Waals surface area contributed by atoms with Crippen LogP contribution in [0.25, 0.3) is 5.65 Å². The molecule has 0 spiro atoms. The highest BCUT2D eigenvalue weighted by Crippen LogP contribution is 2.35. The molecule has 0 bridgehead atoms. The summed E-state index contributed by atoms with van der Waals surface area (Å²) in [7, 11) is 0. The maximum Gasteiger partial charge on any atom is 0.178 e. The lowest BCUT2D eigenvalue weighted by atomic mass is 9.81. The highest BCUT2D eigenvalue weighted by molar-refractivity contribution is 5.62. The van der Waals surface area contributed by atoms with Gasteiger partial charge in [0.1, 0.15) is 0 Å². The number of hydrogen-bond donors (Lipinski definition) is 1. The first-order valence-electron chi connectivity index (χ1n) is 4.93. The van der Waals surface area contributed by atoms with Crippen molar-refractivity contribution in [2.24, 2.45) is 0 Å². The van der Waals surface area contributed by atoms with E-state index in [0.29, 0.717) is 11.6 Å². The van der Waals surface area contributed by atoms with Crippen molar-refractivity contribution in [2.45, 2.75) is 25.2 Å². The molecule has 72 valence electrons. The Morgan fingerprint density at radius 2 is 2.21 bits per heavy atom. The van der Waals surface area contributed by atoms with E-state index in [1.54, 1.807) is 10.7 Å². The molecule has 1 aliphatic rings. The van der Waals surface area contributed by atoms with Gasteiger partial charge in [0, 0.05) is 12.4 Å². The van der Waals surface area contributed by atoms with Crippen LogP contribution in [0.4, 0.5) is 5.69 Å². The smallest absolute Gasteiger partial charge is 0.178 e. The minimum atomic E-state index is 0.644. The second-order valence-electron chi connectivity index (χ2n) is 3.88. The molecule has 4 nitrogen and oxygen atoms in total. The molecule has 0 aliphatic heterocycles. The molecule has 14 heavy (non-hydrogen) atoms. The summed E-state index contributed by atoms with van der Waals surface area (Å²) < 4.78 is 1.77. The Bertz CT molecular complexity index is 470. The van der Waals surface area contributed by atoms with E-state index in [1.807, 2.05) is 12.4 Å². The lowest BCUT2D eigenvalue weighted by Gasteiger charge is -2.25. The van der Waals surface area contributed by atoms with E-state index in [9.17, 15) is 0 Å². The van der Waals surface area contributed by atoms with Gasteiger partial charge < -0.3 is 5.73 Å². The summed E-state index contributed by atoms with van der Waals surface area (Å²) in [5, 5.41) is 4.15. The second kappa shape index (κ2) is 2.70. The van der Waals surface area contributed by atoms with Crippen molar-refractivity contribution >= 4 is 11.3 Å². The van der Waals surface area contributed by atoms with Crippen LogP contribution in [0.5, 0.6) is 0 Å². The Morgan fingerprint density at radius 3 is 2.93 bits per heavy atom. The van der Waals surface area contributed by atoms with Crippen molar-refractivity contribution in [3.8, 4) is 0 Å². The van der Waals surface area contributed by atoms with Gasteiger partial charge in [0.05, 0.1) is 11.9 Å². The van der Waals surface area contributed by atoms with Crippen LogP contribution in [0, 0.1) is 0 Å². The van der Waals surface area contributed by atoms with Crippen LogP contribution in [0.2, 0.25) is 0 Å². The lowest BCUT2D eigenvalue weighted by molar-refractivity contribution is 0.417. The summed E-state index contributed by atoms with van der Waals surface area (Å²) in [5.41, 5.74) is 8.39. The third kappa shape index (κ3) is 0.999. The molecule has 4 heteroatoms. The minimum Gasteiger partial charge on any atom is -0.394 e. The molecular formula is C10H12N4. The number of nitrogen functional groups attached to an aromatic ring is 1. The summed E-state index contributed by atoms with van der Waals surface area (Å²) in [5.74, 6) is 0.692. The summed E-state index contributed by atoms with van der Waals surface area (Å²) in [6, 6.07) is 0. The monoisotopic (exact) mass is 188 g/mol. The fourth-order valence-corrected chi connectivity index (χ4v) is 1.86. The van der Waals surface area contributed by atoms with Crippen molar-refractivity contribution in [1.29, 1.82) is 0 Å². The predicted molar refractivity (Wildman–Crippen MR) is 54.0 cm³/mol. The van der Waals surface area contributed by atoms with Crippen LogP contribution in [0.15, 0.2) is 18.6 Å². The van der Waals surface area contributed by atoms with Gasteiger partial charge in [-0.3, -0.25) is 0 Å². The van der Waals surface area contributed by atoms with E-state index >= 15 is 0 Å². The SMILES string of the molecule is Nc1cnn2cc(C3CCC3)cnc12. The zero-order chi connectivity index (χ0) is 9.54. The number of nitrogens with zero attached hydrogens (tertiary/aromatic N) is 3. The van der Waals surface area contributed by atoms with Crippen molar-refractivity contribution in [3.05, 3.63) is 24.2 Å². The molecule has 0 amide bonds. The fraction of sp³-hybridized carbons (Fsp3) is 0.400. The van der Waals surface area contributed by atoms with Gasteiger partial charge >= 0.3 is 0 Å². The van der Waals surface area contributed by atoms with E-state index < -0.39 is 0 Å². The molecule has 2 aromatic heterocycles. The van der Waals surface area contributed by atoms with Gasteiger partial charge in [0.2, 0.25) is 0 Å². The van der Waals surface area contributed by atoms with Crippen molar-refractivity contribution in [2.75, 3.05) is 5.73 Å². The van der Waals surface area contributed by atoms with Crippen molar-refractivity contribution in [1.82, 2.24) is 14.6 Å². The quantitative estimate of drug-likeness (QED) is 0.739. The molecule has 2 heterocycles. The first kappa shape index (κ1) is 7.79. The molecule has 2 N–H and O–H groups in total. The Labute approximate surface area is 81.8 Å². The highest BCUT2D eigenvalue weighted by atomic mass is 15.2. The van der Waals surface area contributed by atoms with Crippen LogP contribution in [-0.4, -0.2) is 14.6 Å². The lowest BCUT2D eigenvalue weighted by Crippen LogP contribution is -2.10. The molecule has 0 aromatic carbocycles. The first-order chi connectivity index (χ1) is 6.84. The van der Waals surface area contributed by atoms with Gasteiger partial charge in [0.25, 0.3) is 0 Å². The van der Waals surface area contributed by atoms with Gasteiger partial charge in [-0.15, -0.1) is 0 Å². The van der Waals surface area contributed by atoms with Crippen LogP contribution < -0.4 is 5.73 Å². The Balaban J connectivity index is 2.10. The van der Waals surface area contributed by atoms with E-state index in [1.165, 1.54) is 24.8 Å².